The lowest BCUT2D eigenvalue weighted by Crippen LogP contribution is -2.49. The summed E-state index contributed by atoms with van der Waals surface area (Å²) in [5, 5.41) is 0. The molecule has 3 heterocycles. The van der Waals surface area contributed by atoms with E-state index in [2.05, 4.69) is 49.9 Å². The molecule has 1 amide bonds. The molecule has 2 aliphatic heterocycles. The third-order valence-corrected chi connectivity index (χ3v) is 6.22. The maximum absolute atomic E-state index is 13.0. The molecule has 4 nitrogen and oxygen atoms in total. The number of rotatable bonds is 4. The summed E-state index contributed by atoms with van der Waals surface area (Å²) in [6.45, 7) is 8.70. The van der Waals surface area contributed by atoms with Crippen LogP contribution in [0.15, 0.2) is 41.2 Å². The lowest BCUT2D eigenvalue weighted by molar-refractivity contribution is -0.134. The fourth-order valence-corrected chi connectivity index (χ4v) is 5.19. The summed E-state index contributed by atoms with van der Waals surface area (Å²) in [5.74, 6) is 1.27. The van der Waals surface area contributed by atoms with Crippen LogP contribution in [0.2, 0.25) is 0 Å². The molecule has 1 aromatic heterocycles. The van der Waals surface area contributed by atoms with Crippen LogP contribution >= 0.6 is 0 Å². The lowest BCUT2D eigenvalue weighted by Gasteiger charge is -2.43. The van der Waals surface area contributed by atoms with E-state index in [9.17, 15) is 9.59 Å². The highest BCUT2D eigenvalue weighted by atomic mass is 16.2. The van der Waals surface area contributed by atoms with Gasteiger partial charge in [-0.25, -0.2) is 0 Å². The molecule has 2 aliphatic rings. The number of aryl methyl sites for hydroxylation is 2. The Kier molecular flexibility index (Phi) is 5.13. The van der Waals surface area contributed by atoms with Crippen molar-refractivity contribution in [2.45, 2.75) is 52.5 Å². The third-order valence-electron chi connectivity index (χ3n) is 6.22. The number of piperidine rings is 1. The number of pyridine rings is 1. The van der Waals surface area contributed by atoms with Gasteiger partial charge in [-0.05, 0) is 50.2 Å². The number of nitrogens with zero attached hydrogens (tertiary/aromatic N) is 2. The normalized spacial score (nSPS) is 21.9. The molecule has 4 heteroatoms. The number of likely N-dealkylation sites (tertiary alicyclic amines) is 1. The summed E-state index contributed by atoms with van der Waals surface area (Å²) >= 11 is 0. The molecule has 4 rings (SSSR count). The molecule has 28 heavy (non-hydrogen) atoms. The standard InChI is InChI=1S/C24H30N2O2/c1-16-7-17(2)9-19(8-16)10-18(3)11-24(28)25-13-20-12-21(15-25)22-5-4-6-23(27)26(22)14-20/h4-9,18,20-21H,10-15H2,1-3H3. The summed E-state index contributed by atoms with van der Waals surface area (Å²) in [6, 6.07) is 12.2. The average molecular weight is 379 g/mol. The van der Waals surface area contributed by atoms with Gasteiger partial charge in [0.2, 0.25) is 5.91 Å². The van der Waals surface area contributed by atoms with E-state index in [-0.39, 0.29) is 11.5 Å². The summed E-state index contributed by atoms with van der Waals surface area (Å²) in [5.41, 5.74) is 5.08. The Hall–Kier alpha value is -2.36. The summed E-state index contributed by atoms with van der Waals surface area (Å²) in [7, 11) is 0. The molecule has 0 aliphatic carbocycles. The zero-order valence-electron chi connectivity index (χ0n) is 17.1. The number of hydrogen-bond acceptors (Lipinski definition) is 2. The molecule has 3 unspecified atom stereocenters. The van der Waals surface area contributed by atoms with Crippen LogP contribution in [-0.4, -0.2) is 28.5 Å². The second-order valence-electron chi connectivity index (χ2n) is 9.01. The van der Waals surface area contributed by atoms with E-state index in [1.54, 1.807) is 6.07 Å². The fourth-order valence-electron chi connectivity index (χ4n) is 5.19. The van der Waals surface area contributed by atoms with Gasteiger partial charge in [-0.3, -0.25) is 9.59 Å². The molecule has 0 radical (unpaired) electrons. The Morgan fingerprint density at radius 2 is 1.86 bits per heavy atom. The van der Waals surface area contributed by atoms with Gasteiger partial charge >= 0.3 is 0 Å². The smallest absolute Gasteiger partial charge is 0.250 e. The molecule has 1 aromatic carbocycles. The van der Waals surface area contributed by atoms with Crippen molar-refractivity contribution in [3.8, 4) is 0 Å². The lowest BCUT2D eigenvalue weighted by atomic mass is 9.83. The molecule has 0 spiro atoms. The van der Waals surface area contributed by atoms with E-state index in [1.165, 1.54) is 16.7 Å². The van der Waals surface area contributed by atoms with Gasteiger partial charge in [0.1, 0.15) is 0 Å². The molecule has 0 N–H and O–H groups in total. The fraction of sp³-hybridized carbons (Fsp3) is 0.500. The van der Waals surface area contributed by atoms with Crippen molar-refractivity contribution in [3.63, 3.8) is 0 Å². The highest BCUT2D eigenvalue weighted by Crippen LogP contribution is 2.35. The van der Waals surface area contributed by atoms with Crippen molar-refractivity contribution >= 4 is 5.91 Å². The quantitative estimate of drug-likeness (QED) is 0.814. The van der Waals surface area contributed by atoms with Crippen LogP contribution in [0.5, 0.6) is 0 Å². The maximum Gasteiger partial charge on any atom is 0.250 e. The van der Waals surface area contributed by atoms with Gasteiger partial charge in [-0.2, -0.15) is 0 Å². The number of amides is 1. The van der Waals surface area contributed by atoms with Crippen molar-refractivity contribution in [2.75, 3.05) is 13.1 Å². The molecule has 0 saturated carbocycles. The second-order valence-corrected chi connectivity index (χ2v) is 9.01. The number of fused-ring (bicyclic) bond motifs is 4. The van der Waals surface area contributed by atoms with E-state index >= 15 is 0 Å². The van der Waals surface area contributed by atoms with Crippen molar-refractivity contribution in [1.82, 2.24) is 9.47 Å². The SMILES string of the molecule is Cc1cc(C)cc(CC(C)CC(=O)N2CC3CC(C2)c2cccc(=O)n2C3)c1. The first-order valence-electron chi connectivity index (χ1n) is 10.4. The summed E-state index contributed by atoms with van der Waals surface area (Å²) < 4.78 is 1.92. The predicted octanol–water partition coefficient (Wildman–Crippen LogP) is 3.68. The van der Waals surface area contributed by atoms with Crippen LogP contribution < -0.4 is 5.56 Å². The second kappa shape index (κ2) is 7.57. The monoisotopic (exact) mass is 378 g/mol. The first-order valence-corrected chi connectivity index (χ1v) is 10.4. The van der Waals surface area contributed by atoms with Crippen molar-refractivity contribution in [2.24, 2.45) is 11.8 Å². The van der Waals surface area contributed by atoms with Crippen LogP contribution in [-0.2, 0) is 17.8 Å². The van der Waals surface area contributed by atoms with Crippen molar-refractivity contribution < 1.29 is 4.79 Å². The van der Waals surface area contributed by atoms with E-state index in [1.807, 2.05) is 10.6 Å². The van der Waals surface area contributed by atoms with E-state index in [0.717, 1.165) is 38.2 Å². The van der Waals surface area contributed by atoms with Crippen molar-refractivity contribution in [3.05, 3.63) is 69.1 Å². The molecule has 2 bridgehead atoms. The van der Waals surface area contributed by atoms with Crippen LogP contribution in [0.3, 0.4) is 0 Å². The number of aromatic nitrogens is 1. The average Bonchev–Trinajstić information content (AvgIpc) is 2.61. The Bertz CT molecular complexity index is 926. The Balaban J connectivity index is 1.41. The molecule has 1 fully saturated rings. The highest BCUT2D eigenvalue weighted by molar-refractivity contribution is 5.76. The zero-order chi connectivity index (χ0) is 19.8. The first-order chi connectivity index (χ1) is 13.4. The van der Waals surface area contributed by atoms with Gasteiger partial charge < -0.3 is 9.47 Å². The molecule has 1 saturated heterocycles. The van der Waals surface area contributed by atoms with Crippen LogP contribution in [0.1, 0.15) is 48.1 Å². The van der Waals surface area contributed by atoms with Gasteiger partial charge in [0.05, 0.1) is 0 Å². The molecule has 148 valence electrons. The summed E-state index contributed by atoms with van der Waals surface area (Å²) in [6.07, 6.45) is 2.62. The molecule has 2 aromatic rings. The molecular formula is C24H30N2O2. The Labute approximate surface area is 167 Å². The van der Waals surface area contributed by atoms with Crippen LogP contribution in [0.4, 0.5) is 0 Å². The first kappa shape index (κ1) is 19.0. The minimum Gasteiger partial charge on any atom is -0.342 e. The van der Waals surface area contributed by atoms with Gasteiger partial charge in [0.15, 0.2) is 0 Å². The van der Waals surface area contributed by atoms with Crippen LogP contribution in [0.25, 0.3) is 0 Å². The number of carbonyl (C=O) groups excluding carboxylic acids is 1. The predicted molar refractivity (Wildman–Crippen MR) is 112 cm³/mol. The molecular weight excluding hydrogens is 348 g/mol. The van der Waals surface area contributed by atoms with Gasteiger partial charge in [-0.15, -0.1) is 0 Å². The largest absolute Gasteiger partial charge is 0.342 e. The Morgan fingerprint density at radius 3 is 2.61 bits per heavy atom. The number of benzene rings is 1. The zero-order valence-corrected chi connectivity index (χ0v) is 17.1. The minimum atomic E-state index is 0.0917. The van der Waals surface area contributed by atoms with Gasteiger partial charge in [-0.1, -0.05) is 42.3 Å². The number of carbonyl (C=O) groups is 1. The highest BCUT2D eigenvalue weighted by Gasteiger charge is 2.36. The Morgan fingerprint density at radius 1 is 1.11 bits per heavy atom. The maximum atomic E-state index is 13.0. The minimum absolute atomic E-state index is 0.0917. The molecule has 3 atom stereocenters. The number of hydrogen-bond donors (Lipinski definition) is 0. The van der Waals surface area contributed by atoms with Gasteiger partial charge in [0.25, 0.3) is 5.56 Å². The third kappa shape index (κ3) is 3.91. The van der Waals surface area contributed by atoms with Gasteiger partial charge in [0, 0.05) is 43.7 Å². The van der Waals surface area contributed by atoms with E-state index < -0.39 is 0 Å². The van der Waals surface area contributed by atoms with E-state index in [4.69, 9.17) is 0 Å². The summed E-state index contributed by atoms with van der Waals surface area (Å²) in [4.78, 5) is 27.2. The topological polar surface area (TPSA) is 42.3 Å². The van der Waals surface area contributed by atoms with E-state index in [0.29, 0.717) is 24.2 Å². The van der Waals surface area contributed by atoms with Crippen molar-refractivity contribution in [1.29, 1.82) is 0 Å². The van der Waals surface area contributed by atoms with Crippen LogP contribution in [0, 0.1) is 25.7 Å².